The van der Waals surface area contributed by atoms with E-state index < -0.39 is 5.97 Å². The second-order valence-electron chi connectivity index (χ2n) is 5.90. The number of carbonyl (C=O) groups excluding carboxylic acids is 2. The van der Waals surface area contributed by atoms with Crippen LogP contribution >= 0.6 is 11.8 Å². The fourth-order valence-corrected chi connectivity index (χ4v) is 3.47. The Bertz CT molecular complexity index is 914. The van der Waals surface area contributed by atoms with E-state index in [4.69, 9.17) is 9.52 Å². The summed E-state index contributed by atoms with van der Waals surface area (Å²) in [5.74, 6) is -0.423. The SMILES string of the molecule is CCC(C)N1C(=O)S/C(=C/c2ccc(-c3cccc(C(=O)O)c3)o2)C1=O. The molecule has 134 valence electrons. The van der Waals surface area contributed by atoms with Gasteiger partial charge < -0.3 is 9.52 Å². The average Bonchev–Trinajstić information content (AvgIpc) is 3.19. The van der Waals surface area contributed by atoms with Gasteiger partial charge in [-0.2, -0.15) is 0 Å². The van der Waals surface area contributed by atoms with Crippen LogP contribution in [0.5, 0.6) is 0 Å². The second kappa shape index (κ2) is 7.21. The Morgan fingerprint density at radius 3 is 2.77 bits per heavy atom. The lowest BCUT2D eigenvalue weighted by molar-refractivity contribution is -0.124. The first-order valence-electron chi connectivity index (χ1n) is 8.11. The molecular weight excluding hydrogens is 354 g/mol. The summed E-state index contributed by atoms with van der Waals surface area (Å²) in [7, 11) is 0. The Morgan fingerprint density at radius 2 is 2.08 bits per heavy atom. The van der Waals surface area contributed by atoms with Gasteiger partial charge in [-0.15, -0.1) is 0 Å². The maximum Gasteiger partial charge on any atom is 0.335 e. The molecule has 1 N–H and O–H groups in total. The average molecular weight is 371 g/mol. The van der Waals surface area contributed by atoms with Gasteiger partial charge in [-0.05, 0) is 49.4 Å². The van der Waals surface area contributed by atoms with Gasteiger partial charge in [-0.3, -0.25) is 14.5 Å². The summed E-state index contributed by atoms with van der Waals surface area (Å²) in [4.78, 5) is 37.1. The van der Waals surface area contributed by atoms with Gasteiger partial charge in [0.25, 0.3) is 11.1 Å². The molecule has 3 rings (SSSR count). The predicted molar refractivity (Wildman–Crippen MR) is 98.7 cm³/mol. The minimum atomic E-state index is -1.02. The molecule has 7 heteroatoms. The van der Waals surface area contributed by atoms with Crippen LogP contribution in [0.1, 0.15) is 36.4 Å². The monoisotopic (exact) mass is 371 g/mol. The predicted octanol–water partition coefficient (Wildman–Crippen LogP) is 4.48. The van der Waals surface area contributed by atoms with Crippen molar-refractivity contribution < 1.29 is 23.9 Å². The van der Waals surface area contributed by atoms with Crippen LogP contribution < -0.4 is 0 Å². The number of amides is 2. The third-order valence-corrected chi connectivity index (χ3v) is 5.03. The molecule has 0 spiro atoms. The molecule has 1 aromatic carbocycles. The summed E-state index contributed by atoms with van der Waals surface area (Å²) in [6.07, 6.45) is 2.23. The highest BCUT2D eigenvalue weighted by Gasteiger charge is 2.37. The molecular formula is C19H17NO5S. The lowest BCUT2D eigenvalue weighted by atomic mass is 10.1. The largest absolute Gasteiger partial charge is 0.478 e. The lowest BCUT2D eigenvalue weighted by Gasteiger charge is -2.19. The summed E-state index contributed by atoms with van der Waals surface area (Å²) < 4.78 is 5.71. The molecule has 1 aliphatic rings. The van der Waals surface area contributed by atoms with Crippen molar-refractivity contribution in [3.8, 4) is 11.3 Å². The number of thioether (sulfide) groups is 1. The van der Waals surface area contributed by atoms with E-state index in [-0.39, 0.29) is 22.8 Å². The third-order valence-electron chi connectivity index (χ3n) is 4.15. The van der Waals surface area contributed by atoms with E-state index in [1.165, 1.54) is 23.1 Å². The second-order valence-corrected chi connectivity index (χ2v) is 6.89. The van der Waals surface area contributed by atoms with Crippen molar-refractivity contribution in [1.82, 2.24) is 4.90 Å². The van der Waals surface area contributed by atoms with Gasteiger partial charge in [0.15, 0.2) is 0 Å². The molecule has 1 saturated heterocycles. The number of imide groups is 1. The maximum atomic E-state index is 12.4. The molecule has 1 atom stereocenters. The zero-order chi connectivity index (χ0) is 18.8. The van der Waals surface area contributed by atoms with Crippen LogP contribution in [0, 0.1) is 0 Å². The minimum absolute atomic E-state index is 0.153. The van der Waals surface area contributed by atoms with Crippen molar-refractivity contribution in [1.29, 1.82) is 0 Å². The lowest BCUT2D eigenvalue weighted by Crippen LogP contribution is -2.36. The maximum absolute atomic E-state index is 12.4. The molecule has 0 aliphatic carbocycles. The molecule has 26 heavy (non-hydrogen) atoms. The molecule has 0 bridgehead atoms. The Balaban J connectivity index is 1.86. The highest BCUT2D eigenvalue weighted by molar-refractivity contribution is 8.18. The van der Waals surface area contributed by atoms with E-state index >= 15 is 0 Å². The topological polar surface area (TPSA) is 87.8 Å². The van der Waals surface area contributed by atoms with E-state index in [1.807, 2.05) is 13.8 Å². The van der Waals surface area contributed by atoms with E-state index in [1.54, 1.807) is 24.3 Å². The smallest absolute Gasteiger partial charge is 0.335 e. The number of hydrogen-bond acceptors (Lipinski definition) is 5. The highest BCUT2D eigenvalue weighted by atomic mass is 32.2. The van der Waals surface area contributed by atoms with Crippen LogP contribution in [-0.2, 0) is 4.79 Å². The Morgan fingerprint density at radius 1 is 1.31 bits per heavy atom. The molecule has 1 aliphatic heterocycles. The number of furan rings is 1. The van der Waals surface area contributed by atoms with Gasteiger partial charge in [0.2, 0.25) is 0 Å². The first-order valence-corrected chi connectivity index (χ1v) is 8.93. The third kappa shape index (κ3) is 3.43. The van der Waals surface area contributed by atoms with Crippen molar-refractivity contribution >= 4 is 35.0 Å². The van der Waals surface area contributed by atoms with Crippen LogP contribution in [-0.4, -0.2) is 33.2 Å². The van der Waals surface area contributed by atoms with Crippen LogP contribution in [0.3, 0.4) is 0 Å². The van der Waals surface area contributed by atoms with Gasteiger partial charge in [0.05, 0.1) is 10.5 Å². The number of nitrogens with zero attached hydrogens (tertiary/aromatic N) is 1. The van der Waals surface area contributed by atoms with Crippen LogP contribution in [0.15, 0.2) is 45.7 Å². The number of hydrogen-bond donors (Lipinski definition) is 1. The van der Waals surface area contributed by atoms with E-state index in [9.17, 15) is 14.4 Å². The van der Waals surface area contributed by atoms with E-state index in [0.29, 0.717) is 28.4 Å². The van der Waals surface area contributed by atoms with Gasteiger partial charge in [0, 0.05) is 17.7 Å². The molecule has 1 unspecified atom stereocenters. The van der Waals surface area contributed by atoms with Gasteiger partial charge >= 0.3 is 5.97 Å². The Kier molecular flexibility index (Phi) is 4.99. The Labute approximate surface area is 154 Å². The van der Waals surface area contributed by atoms with Crippen molar-refractivity contribution in [3.63, 3.8) is 0 Å². The Hall–Kier alpha value is -2.80. The summed E-state index contributed by atoms with van der Waals surface area (Å²) in [5.41, 5.74) is 0.785. The van der Waals surface area contributed by atoms with E-state index in [0.717, 1.165) is 11.8 Å². The minimum Gasteiger partial charge on any atom is -0.478 e. The quantitative estimate of drug-likeness (QED) is 0.780. The summed E-state index contributed by atoms with van der Waals surface area (Å²) in [6.45, 7) is 3.75. The number of carbonyl (C=O) groups is 3. The van der Waals surface area contributed by atoms with Crippen molar-refractivity contribution in [3.05, 3.63) is 52.6 Å². The first-order chi connectivity index (χ1) is 12.4. The summed E-state index contributed by atoms with van der Waals surface area (Å²) in [6, 6.07) is 9.62. The van der Waals surface area contributed by atoms with Crippen LogP contribution in [0.25, 0.3) is 17.4 Å². The molecule has 0 radical (unpaired) electrons. The number of carboxylic acid groups (broad SMARTS) is 1. The molecule has 1 fully saturated rings. The first kappa shape index (κ1) is 18.0. The van der Waals surface area contributed by atoms with Gasteiger partial charge in [-0.1, -0.05) is 19.1 Å². The molecule has 6 nitrogen and oxygen atoms in total. The van der Waals surface area contributed by atoms with Crippen molar-refractivity contribution in [2.24, 2.45) is 0 Å². The van der Waals surface area contributed by atoms with Crippen molar-refractivity contribution in [2.75, 3.05) is 0 Å². The van der Waals surface area contributed by atoms with Gasteiger partial charge in [-0.25, -0.2) is 4.79 Å². The standard InChI is InChI=1S/C19H17NO5S/c1-3-11(2)20-17(21)16(26-19(20)24)10-14-7-8-15(25-14)12-5-4-6-13(9-12)18(22)23/h4-11H,3H2,1-2H3,(H,22,23)/b16-10+. The zero-order valence-corrected chi connectivity index (χ0v) is 15.1. The number of aromatic carboxylic acids is 1. The summed E-state index contributed by atoms with van der Waals surface area (Å²) in [5, 5.41) is 8.80. The molecule has 1 aromatic heterocycles. The molecule has 2 aromatic rings. The molecule has 2 heterocycles. The van der Waals surface area contributed by atoms with Crippen LogP contribution in [0.4, 0.5) is 4.79 Å². The fraction of sp³-hybridized carbons (Fsp3) is 0.211. The highest BCUT2D eigenvalue weighted by Crippen LogP contribution is 2.35. The van der Waals surface area contributed by atoms with Crippen molar-refractivity contribution in [2.45, 2.75) is 26.3 Å². The van der Waals surface area contributed by atoms with Crippen LogP contribution in [0.2, 0.25) is 0 Å². The van der Waals surface area contributed by atoms with E-state index in [2.05, 4.69) is 0 Å². The number of carboxylic acids is 1. The number of benzene rings is 1. The molecule has 2 amide bonds. The number of rotatable bonds is 5. The molecule has 0 saturated carbocycles. The van der Waals surface area contributed by atoms with Gasteiger partial charge in [0.1, 0.15) is 11.5 Å². The zero-order valence-electron chi connectivity index (χ0n) is 14.3. The fourth-order valence-electron chi connectivity index (χ4n) is 2.56. The summed E-state index contributed by atoms with van der Waals surface area (Å²) >= 11 is 0.893. The normalized spacial score (nSPS) is 17.2.